The number of nitriles is 1. The van der Waals surface area contributed by atoms with E-state index >= 15 is 0 Å². The second-order valence-electron chi connectivity index (χ2n) is 5.40. The van der Waals surface area contributed by atoms with E-state index in [0.717, 1.165) is 9.04 Å². The van der Waals surface area contributed by atoms with Gasteiger partial charge in [0, 0.05) is 18.6 Å². The fourth-order valence-corrected chi connectivity index (χ4v) is 3.04. The van der Waals surface area contributed by atoms with E-state index in [0.29, 0.717) is 5.56 Å². The van der Waals surface area contributed by atoms with Crippen LogP contribution in [0.15, 0.2) is 49.8 Å². The number of nitrogens with zero attached hydrogens (tertiary/aromatic N) is 3. The van der Waals surface area contributed by atoms with Gasteiger partial charge in [0.05, 0.1) is 11.5 Å². The summed E-state index contributed by atoms with van der Waals surface area (Å²) in [6, 6.07) is 9.22. The maximum Gasteiger partial charge on any atom is 0.333 e. The Morgan fingerprint density at radius 1 is 1.21 bits per heavy atom. The maximum atomic E-state index is 12.7. The normalized spacial score (nSPS) is 16.3. The second-order valence-corrected chi connectivity index (χ2v) is 6.32. The van der Waals surface area contributed by atoms with Crippen molar-refractivity contribution in [2.75, 3.05) is 0 Å². The Labute approximate surface area is 145 Å². The summed E-state index contributed by atoms with van der Waals surface area (Å²) in [6.45, 7) is 0. The molecule has 2 N–H and O–H groups in total. The van der Waals surface area contributed by atoms with Gasteiger partial charge < -0.3 is 10.5 Å². The summed E-state index contributed by atoms with van der Waals surface area (Å²) in [6.07, 6.45) is 0. The van der Waals surface area contributed by atoms with Crippen LogP contribution in [0.25, 0.3) is 0 Å². The lowest BCUT2D eigenvalue weighted by Crippen LogP contribution is -2.42. The molecule has 0 radical (unpaired) electrons. The lowest BCUT2D eigenvalue weighted by molar-refractivity contribution is 0.348. The van der Waals surface area contributed by atoms with Crippen LogP contribution >= 0.6 is 15.9 Å². The van der Waals surface area contributed by atoms with Gasteiger partial charge in [0.15, 0.2) is 0 Å². The van der Waals surface area contributed by atoms with Crippen molar-refractivity contribution >= 4 is 15.9 Å². The highest BCUT2D eigenvalue weighted by molar-refractivity contribution is 9.10. The minimum absolute atomic E-state index is 0.0625. The van der Waals surface area contributed by atoms with Crippen LogP contribution in [0.5, 0.6) is 5.88 Å². The topological polar surface area (TPSA) is 103 Å². The first kappa shape index (κ1) is 16.1. The predicted molar refractivity (Wildman–Crippen MR) is 90.4 cm³/mol. The molecule has 1 aliphatic rings. The molecule has 1 aliphatic heterocycles. The average molecular weight is 389 g/mol. The molecule has 0 fully saturated rings. The number of ether oxygens (including phenoxy) is 1. The Hall–Kier alpha value is -2.79. The summed E-state index contributed by atoms with van der Waals surface area (Å²) < 4.78 is 8.50. The molecule has 0 amide bonds. The smallest absolute Gasteiger partial charge is 0.333 e. The highest BCUT2D eigenvalue weighted by atomic mass is 79.9. The number of allylic oxidation sites excluding steroid dienone is 1. The van der Waals surface area contributed by atoms with Gasteiger partial charge in [0.2, 0.25) is 11.8 Å². The molecule has 0 aliphatic carbocycles. The third-order valence-corrected chi connectivity index (χ3v) is 4.55. The molecular formula is C16H13BrN4O3. The van der Waals surface area contributed by atoms with Crippen LogP contribution in [0.4, 0.5) is 0 Å². The van der Waals surface area contributed by atoms with Crippen molar-refractivity contribution in [1.29, 1.82) is 5.26 Å². The standard InChI is InChI=1S/C16H13BrN4O3/c1-20-14(22)12-11(8-3-5-9(17)6-4-8)10(7-18)13(19)24-15(12)21(2)16(20)23/h3-6,11H,19H2,1-2H3/t11-/m0/s1. The summed E-state index contributed by atoms with van der Waals surface area (Å²) >= 11 is 3.35. The lowest BCUT2D eigenvalue weighted by atomic mass is 9.85. The number of benzene rings is 1. The third kappa shape index (κ3) is 2.25. The monoisotopic (exact) mass is 388 g/mol. The first-order valence-corrected chi connectivity index (χ1v) is 7.79. The molecule has 0 saturated heterocycles. The fraction of sp³-hybridized carbons (Fsp3) is 0.188. The minimum Gasteiger partial charge on any atom is -0.423 e. The largest absolute Gasteiger partial charge is 0.423 e. The molecule has 24 heavy (non-hydrogen) atoms. The zero-order valence-corrected chi connectivity index (χ0v) is 14.5. The van der Waals surface area contributed by atoms with E-state index in [-0.39, 0.29) is 22.9 Å². The highest BCUT2D eigenvalue weighted by Crippen LogP contribution is 2.39. The Kier molecular flexibility index (Phi) is 3.81. The van der Waals surface area contributed by atoms with Crippen LogP contribution in [0.2, 0.25) is 0 Å². The molecule has 1 atom stereocenters. The first-order valence-electron chi connectivity index (χ1n) is 6.99. The van der Waals surface area contributed by atoms with E-state index in [1.807, 2.05) is 18.2 Å². The summed E-state index contributed by atoms with van der Waals surface area (Å²) in [5.74, 6) is -0.744. The van der Waals surface area contributed by atoms with Crippen LogP contribution < -0.4 is 21.7 Å². The number of nitrogens with two attached hydrogens (primary N) is 1. The first-order chi connectivity index (χ1) is 11.4. The van der Waals surface area contributed by atoms with Crippen molar-refractivity contribution in [1.82, 2.24) is 9.13 Å². The highest BCUT2D eigenvalue weighted by Gasteiger charge is 2.35. The Morgan fingerprint density at radius 3 is 2.42 bits per heavy atom. The van der Waals surface area contributed by atoms with Crippen molar-refractivity contribution in [3.63, 3.8) is 0 Å². The molecule has 7 nitrogen and oxygen atoms in total. The summed E-state index contributed by atoms with van der Waals surface area (Å²) in [4.78, 5) is 24.8. The molecule has 2 aromatic rings. The Morgan fingerprint density at radius 2 is 1.83 bits per heavy atom. The zero-order chi connectivity index (χ0) is 17.6. The Bertz CT molecular complexity index is 1030. The number of hydrogen-bond acceptors (Lipinski definition) is 5. The Balaban J connectivity index is 2.41. The van der Waals surface area contributed by atoms with E-state index in [4.69, 9.17) is 10.5 Å². The maximum absolute atomic E-state index is 12.7. The van der Waals surface area contributed by atoms with Gasteiger partial charge in [-0.2, -0.15) is 5.26 Å². The molecule has 2 heterocycles. The van der Waals surface area contributed by atoms with Gasteiger partial charge in [-0.1, -0.05) is 28.1 Å². The van der Waals surface area contributed by atoms with E-state index in [1.54, 1.807) is 12.1 Å². The van der Waals surface area contributed by atoms with Crippen molar-refractivity contribution in [2.24, 2.45) is 19.8 Å². The lowest BCUT2D eigenvalue weighted by Gasteiger charge is -2.27. The summed E-state index contributed by atoms with van der Waals surface area (Å²) in [5, 5.41) is 9.50. The molecule has 122 valence electrons. The minimum atomic E-state index is -0.697. The summed E-state index contributed by atoms with van der Waals surface area (Å²) in [5.41, 5.74) is 5.89. The van der Waals surface area contributed by atoms with Crippen molar-refractivity contribution in [3.05, 3.63) is 72.2 Å². The number of aromatic nitrogens is 2. The molecule has 1 aromatic heterocycles. The van der Waals surface area contributed by atoms with E-state index in [1.165, 1.54) is 18.7 Å². The van der Waals surface area contributed by atoms with Crippen molar-refractivity contribution < 1.29 is 4.74 Å². The molecule has 3 rings (SSSR count). The fourth-order valence-electron chi connectivity index (χ4n) is 2.78. The van der Waals surface area contributed by atoms with Gasteiger partial charge in [0.25, 0.3) is 5.56 Å². The third-order valence-electron chi connectivity index (χ3n) is 4.02. The molecule has 1 aromatic carbocycles. The van der Waals surface area contributed by atoms with E-state index < -0.39 is 17.2 Å². The zero-order valence-electron chi connectivity index (χ0n) is 12.9. The molecule has 0 unspecified atom stereocenters. The average Bonchev–Trinajstić information content (AvgIpc) is 2.57. The van der Waals surface area contributed by atoms with E-state index in [9.17, 15) is 14.9 Å². The predicted octanol–water partition coefficient (Wildman–Crippen LogP) is 1.06. The van der Waals surface area contributed by atoms with E-state index in [2.05, 4.69) is 15.9 Å². The van der Waals surface area contributed by atoms with Gasteiger partial charge in [-0.3, -0.25) is 13.9 Å². The van der Waals surface area contributed by atoms with Crippen molar-refractivity contribution in [2.45, 2.75) is 5.92 Å². The number of fused-ring (bicyclic) bond motifs is 1. The molecule has 0 saturated carbocycles. The molecular weight excluding hydrogens is 376 g/mol. The van der Waals surface area contributed by atoms with Gasteiger partial charge in [-0.05, 0) is 17.7 Å². The van der Waals surface area contributed by atoms with Gasteiger partial charge >= 0.3 is 5.69 Å². The number of halogens is 1. The van der Waals surface area contributed by atoms with Crippen LogP contribution in [0.3, 0.4) is 0 Å². The van der Waals surface area contributed by atoms with Crippen molar-refractivity contribution in [3.8, 4) is 11.9 Å². The van der Waals surface area contributed by atoms with Crippen LogP contribution in [-0.2, 0) is 14.1 Å². The van der Waals surface area contributed by atoms with Crippen LogP contribution in [0, 0.1) is 11.3 Å². The van der Waals surface area contributed by atoms with Gasteiger partial charge in [0.1, 0.15) is 11.6 Å². The number of rotatable bonds is 1. The molecule has 0 bridgehead atoms. The molecule has 8 heteroatoms. The van der Waals surface area contributed by atoms with Gasteiger partial charge in [-0.15, -0.1) is 0 Å². The quantitative estimate of drug-likeness (QED) is 0.786. The second kappa shape index (κ2) is 5.69. The number of hydrogen-bond donors (Lipinski definition) is 1. The molecule has 0 spiro atoms. The summed E-state index contributed by atoms with van der Waals surface area (Å²) in [7, 11) is 2.88. The van der Waals surface area contributed by atoms with Crippen LogP contribution in [-0.4, -0.2) is 9.13 Å². The SMILES string of the molecule is Cn1c2c(c(=O)n(C)c1=O)[C@@H](c1ccc(Br)cc1)C(C#N)=C(N)O2. The van der Waals surface area contributed by atoms with Crippen LogP contribution in [0.1, 0.15) is 17.0 Å². The van der Waals surface area contributed by atoms with Gasteiger partial charge in [-0.25, -0.2) is 4.79 Å².